The van der Waals surface area contributed by atoms with E-state index in [2.05, 4.69) is 169 Å². The van der Waals surface area contributed by atoms with Crippen LogP contribution in [0.1, 0.15) is 0 Å². The average Bonchev–Trinajstić information content (AvgIpc) is 3.04. The van der Waals surface area contributed by atoms with Crippen LogP contribution in [0.15, 0.2) is 170 Å². The Kier molecular flexibility index (Phi) is 10.5. The van der Waals surface area contributed by atoms with Crippen LogP contribution in [0, 0.1) is 0 Å². The van der Waals surface area contributed by atoms with Gasteiger partial charge in [-0.25, -0.2) is 0 Å². The number of hydrogen-bond acceptors (Lipinski definition) is 2. The molecule has 0 N–H and O–H groups in total. The van der Waals surface area contributed by atoms with Gasteiger partial charge in [-0.2, -0.15) is 0 Å². The lowest BCUT2D eigenvalue weighted by molar-refractivity contribution is 1.59. The summed E-state index contributed by atoms with van der Waals surface area (Å²) in [4.78, 5) is 0. The van der Waals surface area contributed by atoms with Crippen molar-refractivity contribution in [2.75, 3.05) is 0 Å². The van der Waals surface area contributed by atoms with Crippen LogP contribution in [0.2, 0.25) is 0 Å². The van der Waals surface area contributed by atoms with Crippen molar-refractivity contribution < 1.29 is 0 Å². The summed E-state index contributed by atoms with van der Waals surface area (Å²) < 4.78 is 0. The minimum Gasteiger partial charge on any atom is -0.115 e. The fourth-order valence-electron chi connectivity index (χ4n) is 4.23. The van der Waals surface area contributed by atoms with Crippen LogP contribution in [0.25, 0.3) is 44.5 Å². The van der Waals surface area contributed by atoms with Crippen molar-refractivity contribution in [2.24, 2.45) is 0 Å². The van der Waals surface area contributed by atoms with E-state index in [0.717, 1.165) is 0 Å². The molecule has 6 aromatic carbocycles. The van der Waals surface area contributed by atoms with Crippen LogP contribution in [0.3, 0.4) is 0 Å². The van der Waals surface area contributed by atoms with E-state index in [-0.39, 0.29) is 0 Å². The normalized spacial score (nSPS) is 9.84. The van der Waals surface area contributed by atoms with E-state index < -0.39 is 0 Å². The lowest BCUT2D eigenvalue weighted by Crippen LogP contribution is -1.79. The number of rotatable bonds is 4. The number of benzene rings is 6. The summed E-state index contributed by atoms with van der Waals surface area (Å²) in [6.07, 6.45) is 0. The lowest BCUT2D eigenvalue weighted by Gasteiger charge is -2.04. The molecule has 0 aliphatic heterocycles. The first-order valence-electron chi connectivity index (χ1n) is 12.5. The molecule has 6 rings (SSSR count). The first-order chi connectivity index (χ1) is 18.9. The molecule has 0 unspecified atom stereocenters. The molecule has 0 atom stereocenters. The maximum atomic E-state index is 3.22. The molecule has 0 aromatic heterocycles. The molecular weight excluding hydrogens is 497 g/mol. The van der Waals surface area contributed by atoms with E-state index in [4.69, 9.17) is 0 Å². The van der Waals surface area contributed by atoms with Gasteiger partial charge >= 0.3 is 0 Å². The van der Waals surface area contributed by atoms with Crippen molar-refractivity contribution in [2.45, 2.75) is 0 Å². The molecule has 0 saturated heterocycles. The molecule has 0 heterocycles. The summed E-state index contributed by atoms with van der Waals surface area (Å²) in [5.74, 6) is 0. The molecule has 0 radical (unpaired) electrons. The van der Waals surface area contributed by atoms with Crippen LogP contribution in [0.5, 0.6) is 0 Å². The molecule has 38 heavy (non-hydrogen) atoms. The van der Waals surface area contributed by atoms with Crippen molar-refractivity contribution in [3.05, 3.63) is 170 Å². The number of thiol groups is 2. The Morgan fingerprint density at radius 3 is 0.474 bits per heavy atom. The molecule has 6 aromatic rings. The minimum absolute atomic E-state index is 1.26. The fraction of sp³-hybridized carbons (Fsp3) is 0. The summed E-state index contributed by atoms with van der Waals surface area (Å²) in [7, 11) is 0. The predicted octanol–water partition coefficient (Wildman–Crippen LogP) is 10.8. The smallest absolute Gasteiger partial charge is 0.0184 e. The Bertz CT molecular complexity index is 1230. The van der Waals surface area contributed by atoms with Crippen molar-refractivity contribution in [3.8, 4) is 44.5 Å². The van der Waals surface area contributed by atoms with Gasteiger partial charge in [-0.05, 0) is 44.5 Å². The van der Waals surface area contributed by atoms with Crippen molar-refractivity contribution >= 4 is 23.3 Å². The fourth-order valence-corrected chi connectivity index (χ4v) is 4.23. The highest BCUT2D eigenvalue weighted by molar-refractivity contribution is 8.59. The lowest BCUT2D eigenvalue weighted by atomic mass is 10.0. The van der Waals surface area contributed by atoms with Gasteiger partial charge in [-0.1, -0.05) is 170 Å². The van der Waals surface area contributed by atoms with Crippen LogP contribution in [-0.2, 0) is 0 Å². The maximum Gasteiger partial charge on any atom is -0.0184 e. The minimum atomic E-state index is 1.26. The highest BCUT2D eigenvalue weighted by Gasteiger charge is 2.00. The molecule has 186 valence electrons. The summed E-state index contributed by atoms with van der Waals surface area (Å²) in [5.41, 5.74) is 10.1. The van der Waals surface area contributed by atoms with E-state index in [9.17, 15) is 0 Å². The van der Waals surface area contributed by atoms with E-state index >= 15 is 0 Å². The first kappa shape index (κ1) is 27.1. The van der Waals surface area contributed by atoms with Gasteiger partial charge in [0.05, 0.1) is 0 Å². The zero-order chi connectivity index (χ0) is 26.4. The molecule has 0 amide bonds. The molecule has 0 nitrogen and oxygen atoms in total. The molecule has 0 bridgehead atoms. The third-order valence-electron chi connectivity index (χ3n) is 6.20. The summed E-state index contributed by atoms with van der Waals surface area (Å²) in [6, 6.07) is 59.3. The van der Waals surface area contributed by atoms with Gasteiger partial charge in [0.2, 0.25) is 0 Å². The van der Waals surface area contributed by atoms with Crippen LogP contribution >= 0.6 is 23.3 Å². The van der Waals surface area contributed by atoms with Crippen molar-refractivity contribution in [3.63, 3.8) is 0 Å². The SMILES string of the molecule is SS.c1ccc(-c2ccc(-c3ccccc3)cc2)cc1.c1ccc(-c2ccc(-c3ccccc3)cc2)cc1. The zero-order valence-corrected chi connectivity index (χ0v) is 22.8. The maximum absolute atomic E-state index is 3.22. The molecule has 0 aliphatic rings. The summed E-state index contributed by atoms with van der Waals surface area (Å²) in [6.45, 7) is 0. The Balaban J connectivity index is 0.000000166. The van der Waals surface area contributed by atoms with Gasteiger partial charge in [0.25, 0.3) is 0 Å². The topological polar surface area (TPSA) is 0 Å². The second-order valence-electron chi connectivity index (χ2n) is 8.62. The molecule has 2 heteroatoms. The van der Waals surface area contributed by atoms with Gasteiger partial charge in [0.1, 0.15) is 0 Å². The Morgan fingerprint density at radius 1 is 0.184 bits per heavy atom. The van der Waals surface area contributed by atoms with Crippen molar-refractivity contribution in [1.82, 2.24) is 0 Å². The summed E-state index contributed by atoms with van der Waals surface area (Å²) in [5, 5.41) is 0. The van der Waals surface area contributed by atoms with E-state index in [1.165, 1.54) is 44.5 Å². The third kappa shape index (κ3) is 7.52. The second kappa shape index (κ2) is 14.7. The van der Waals surface area contributed by atoms with Crippen LogP contribution < -0.4 is 0 Å². The van der Waals surface area contributed by atoms with Gasteiger partial charge in [0.15, 0.2) is 0 Å². The highest BCUT2D eigenvalue weighted by Crippen LogP contribution is 2.25. The zero-order valence-electron chi connectivity index (χ0n) is 21.1. The van der Waals surface area contributed by atoms with Crippen LogP contribution in [0.4, 0.5) is 0 Å². The highest BCUT2D eigenvalue weighted by atomic mass is 33.1. The Hall–Kier alpha value is -3.98. The Morgan fingerprint density at radius 2 is 0.316 bits per heavy atom. The molecule has 0 fully saturated rings. The Labute approximate surface area is 236 Å². The first-order valence-corrected chi connectivity index (χ1v) is 14.1. The quantitative estimate of drug-likeness (QED) is 0.166. The molecular formula is C36H30S2. The molecule has 0 spiro atoms. The molecule has 0 saturated carbocycles. The van der Waals surface area contributed by atoms with Crippen LogP contribution in [-0.4, -0.2) is 0 Å². The predicted molar refractivity (Wildman–Crippen MR) is 173 cm³/mol. The molecule has 0 aliphatic carbocycles. The van der Waals surface area contributed by atoms with Gasteiger partial charge in [-0.3, -0.25) is 0 Å². The summed E-state index contributed by atoms with van der Waals surface area (Å²) >= 11 is 6.44. The van der Waals surface area contributed by atoms with E-state index in [0.29, 0.717) is 0 Å². The van der Waals surface area contributed by atoms with E-state index in [1.807, 2.05) is 24.3 Å². The van der Waals surface area contributed by atoms with E-state index in [1.54, 1.807) is 0 Å². The van der Waals surface area contributed by atoms with Gasteiger partial charge in [0, 0.05) is 0 Å². The van der Waals surface area contributed by atoms with Crippen molar-refractivity contribution in [1.29, 1.82) is 0 Å². The third-order valence-corrected chi connectivity index (χ3v) is 6.20. The number of hydrogen-bond donors (Lipinski definition) is 2. The largest absolute Gasteiger partial charge is 0.115 e. The van der Waals surface area contributed by atoms with Gasteiger partial charge in [-0.15, -0.1) is 23.3 Å². The standard InChI is InChI=1S/2C18H14.H2S2/c2*1-3-7-15(8-4-1)17-11-13-18(14-12-17)16-9-5-2-6-10-16;1-2/h2*1-14H;1-2H. The monoisotopic (exact) mass is 526 g/mol. The average molecular weight is 527 g/mol. The second-order valence-corrected chi connectivity index (χ2v) is 8.62. The van der Waals surface area contributed by atoms with Gasteiger partial charge < -0.3 is 0 Å².